The van der Waals surface area contributed by atoms with Crippen LogP contribution in [0.25, 0.3) is 0 Å². The van der Waals surface area contributed by atoms with Crippen molar-refractivity contribution in [3.8, 4) is 0 Å². The van der Waals surface area contributed by atoms with Crippen LogP contribution in [0.1, 0.15) is 34.8 Å². The van der Waals surface area contributed by atoms with Crippen molar-refractivity contribution in [2.24, 2.45) is 0 Å². The Morgan fingerprint density at radius 3 is 2.46 bits per heavy atom. The molecule has 0 aromatic heterocycles. The molecule has 152 valence electrons. The lowest BCUT2D eigenvalue weighted by Crippen LogP contribution is -2.29. The minimum Gasteiger partial charge on any atom is -0.382 e. The Bertz CT molecular complexity index is 880. The summed E-state index contributed by atoms with van der Waals surface area (Å²) < 4.78 is 31.1. The van der Waals surface area contributed by atoms with E-state index in [1.165, 1.54) is 10.6 Å². The maximum Gasteiger partial charge on any atom is 0.251 e. The smallest absolute Gasteiger partial charge is 0.251 e. The third-order valence-corrected chi connectivity index (χ3v) is 5.33. The number of nitrogens with one attached hydrogen (secondary N) is 1. The van der Waals surface area contributed by atoms with Crippen LogP contribution in [0.5, 0.6) is 0 Å². The Hall–Kier alpha value is -2.38. The van der Waals surface area contributed by atoms with Crippen LogP contribution in [0, 0.1) is 6.92 Å². The number of carbonyl (C=O) groups is 1. The van der Waals surface area contributed by atoms with Gasteiger partial charge in [0.1, 0.15) is 0 Å². The molecule has 0 atom stereocenters. The second-order valence-electron chi connectivity index (χ2n) is 6.61. The molecule has 6 nitrogen and oxygen atoms in total. The second kappa shape index (κ2) is 10.2. The molecule has 0 aliphatic heterocycles. The third kappa shape index (κ3) is 6.65. The highest BCUT2D eigenvalue weighted by Gasteiger charge is 2.18. The maximum absolute atomic E-state index is 12.3. The number of amides is 1. The summed E-state index contributed by atoms with van der Waals surface area (Å²) in [5.41, 5.74) is 2.96. The number of aryl methyl sites for hydroxylation is 1. The van der Waals surface area contributed by atoms with E-state index < -0.39 is 10.0 Å². The van der Waals surface area contributed by atoms with Crippen LogP contribution in [0.2, 0.25) is 0 Å². The van der Waals surface area contributed by atoms with Crippen LogP contribution < -0.4 is 9.62 Å². The van der Waals surface area contributed by atoms with Gasteiger partial charge >= 0.3 is 0 Å². The van der Waals surface area contributed by atoms with Gasteiger partial charge < -0.3 is 10.1 Å². The van der Waals surface area contributed by atoms with Crippen LogP contribution in [-0.2, 0) is 21.3 Å². The van der Waals surface area contributed by atoms with Crippen LogP contribution in [0.3, 0.4) is 0 Å². The molecule has 0 fully saturated rings. The van der Waals surface area contributed by atoms with Gasteiger partial charge in [0.2, 0.25) is 10.0 Å². The number of nitrogens with zero attached hydrogens (tertiary/aromatic N) is 1. The largest absolute Gasteiger partial charge is 0.382 e. The molecule has 28 heavy (non-hydrogen) atoms. The summed E-state index contributed by atoms with van der Waals surface area (Å²) in [5.74, 6) is -0.151. The first-order chi connectivity index (χ1) is 13.3. The SMILES string of the molecule is CCOCCCNC(=O)c1ccc(CN(c2cccc(C)c2)S(C)(=O)=O)cc1. The van der Waals surface area contributed by atoms with E-state index in [1.54, 1.807) is 30.3 Å². The first-order valence-electron chi connectivity index (χ1n) is 9.30. The van der Waals surface area contributed by atoms with Gasteiger partial charge in [-0.1, -0.05) is 24.3 Å². The van der Waals surface area contributed by atoms with Crippen molar-refractivity contribution in [1.29, 1.82) is 0 Å². The third-order valence-electron chi connectivity index (χ3n) is 4.19. The van der Waals surface area contributed by atoms with Crippen LogP contribution >= 0.6 is 0 Å². The standard InChI is InChI=1S/C21H28N2O4S/c1-4-27-14-6-13-22-21(24)19-11-9-18(10-12-19)16-23(28(3,25)26)20-8-5-7-17(2)15-20/h5,7-12,15H,4,6,13-14,16H2,1-3H3,(H,22,24). The highest BCUT2D eigenvalue weighted by Crippen LogP contribution is 2.21. The summed E-state index contributed by atoms with van der Waals surface area (Å²) in [5, 5.41) is 2.85. The van der Waals surface area contributed by atoms with Crippen molar-refractivity contribution in [3.63, 3.8) is 0 Å². The molecule has 1 N–H and O–H groups in total. The number of sulfonamides is 1. The lowest BCUT2D eigenvalue weighted by atomic mass is 10.1. The van der Waals surface area contributed by atoms with Crippen molar-refractivity contribution in [2.45, 2.75) is 26.8 Å². The maximum atomic E-state index is 12.3. The van der Waals surface area contributed by atoms with Crippen molar-refractivity contribution >= 4 is 21.6 Å². The number of anilines is 1. The number of hydrogen-bond donors (Lipinski definition) is 1. The highest BCUT2D eigenvalue weighted by atomic mass is 32.2. The molecule has 0 aliphatic rings. The highest BCUT2D eigenvalue weighted by molar-refractivity contribution is 7.92. The molecule has 0 spiro atoms. The van der Waals surface area contributed by atoms with E-state index in [0.29, 0.717) is 31.0 Å². The van der Waals surface area contributed by atoms with Gasteiger partial charge in [-0.25, -0.2) is 8.42 Å². The fourth-order valence-electron chi connectivity index (χ4n) is 2.73. The lowest BCUT2D eigenvalue weighted by Gasteiger charge is -2.23. The fraction of sp³-hybridized carbons (Fsp3) is 0.381. The lowest BCUT2D eigenvalue weighted by molar-refractivity contribution is 0.0944. The van der Waals surface area contributed by atoms with E-state index in [0.717, 1.165) is 17.5 Å². The number of carbonyl (C=O) groups excluding carboxylic acids is 1. The zero-order valence-corrected chi connectivity index (χ0v) is 17.5. The van der Waals surface area contributed by atoms with Crippen LogP contribution in [0.4, 0.5) is 5.69 Å². The van der Waals surface area contributed by atoms with Gasteiger partial charge in [0.05, 0.1) is 18.5 Å². The van der Waals surface area contributed by atoms with Gasteiger partial charge in [0.15, 0.2) is 0 Å². The number of ether oxygens (including phenoxy) is 1. The Labute approximate surface area is 167 Å². The summed E-state index contributed by atoms with van der Waals surface area (Å²) in [6.07, 6.45) is 1.96. The minimum absolute atomic E-state index is 0.151. The Morgan fingerprint density at radius 1 is 1.14 bits per heavy atom. The Kier molecular flexibility index (Phi) is 8.02. The molecule has 0 heterocycles. The van der Waals surface area contributed by atoms with Crippen molar-refractivity contribution in [3.05, 3.63) is 65.2 Å². The van der Waals surface area contributed by atoms with E-state index in [4.69, 9.17) is 4.74 Å². The molecule has 0 bridgehead atoms. The Balaban J connectivity index is 2.04. The molecular weight excluding hydrogens is 376 g/mol. The van der Waals surface area contributed by atoms with Gasteiger partial charge in [0, 0.05) is 25.3 Å². The topological polar surface area (TPSA) is 75.7 Å². The molecule has 0 unspecified atom stereocenters. The number of hydrogen-bond acceptors (Lipinski definition) is 4. The average molecular weight is 405 g/mol. The van der Waals surface area contributed by atoms with Crippen LogP contribution in [-0.4, -0.2) is 40.3 Å². The molecule has 2 aromatic carbocycles. The average Bonchev–Trinajstić information content (AvgIpc) is 2.65. The second-order valence-corrected chi connectivity index (χ2v) is 8.52. The quantitative estimate of drug-likeness (QED) is 0.618. The molecule has 0 saturated heterocycles. The predicted octanol–water partition coefficient (Wildman–Crippen LogP) is 3.12. The van der Waals surface area contributed by atoms with Crippen molar-refractivity contribution in [2.75, 3.05) is 30.3 Å². The van der Waals surface area contributed by atoms with Gasteiger partial charge in [0.25, 0.3) is 5.91 Å². The molecule has 2 aromatic rings. The van der Waals surface area contributed by atoms with Gasteiger partial charge in [-0.2, -0.15) is 0 Å². The first kappa shape index (κ1) is 21.9. The van der Waals surface area contributed by atoms with E-state index in [2.05, 4.69) is 5.32 Å². The molecular formula is C21H28N2O4S. The predicted molar refractivity (Wildman–Crippen MR) is 112 cm³/mol. The molecule has 1 amide bonds. The fourth-order valence-corrected chi connectivity index (χ4v) is 3.61. The first-order valence-corrected chi connectivity index (χ1v) is 11.2. The van der Waals surface area contributed by atoms with E-state index >= 15 is 0 Å². The zero-order valence-electron chi connectivity index (χ0n) is 16.6. The number of benzene rings is 2. The minimum atomic E-state index is -3.44. The summed E-state index contributed by atoms with van der Waals surface area (Å²) in [7, 11) is -3.44. The van der Waals surface area contributed by atoms with Crippen molar-refractivity contribution < 1.29 is 17.9 Å². The van der Waals surface area contributed by atoms with Gasteiger partial charge in [-0.15, -0.1) is 0 Å². The summed E-state index contributed by atoms with van der Waals surface area (Å²) in [4.78, 5) is 12.2. The van der Waals surface area contributed by atoms with E-state index in [-0.39, 0.29) is 12.5 Å². The summed E-state index contributed by atoms with van der Waals surface area (Å²) in [6, 6.07) is 14.4. The van der Waals surface area contributed by atoms with Gasteiger partial charge in [-0.3, -0.25) is 9.10 Å². The normalized spacial score (nSPS) is 11.2. The molecule has 0 radical (unpaired) electrons. The van der Waals surface area contributed by atoms with Crippen LogP contribution in [0.15, 0.2) is 48.5 Å². The van der Waals surface area contributed by atoms with Crippen molar-refractivity contribution in [1.82, 2.24) is 5.32 Å². The monoisotopic (exact) mass is 404 g/mol. The summed E-state index contributed by atoms with van der Waals surface area (Å²) in [6.45, 7) is 5.91. The zero-order chi connectivity index (χ0) is 20.6. The Morgan fingerprint density at radius 2 is 1.86 bits per heavy atom. The number of rotatable bonds is 10. The molecule has 0 saturated carbocycles. The molecule has 0 aliphatic carbocycles. The summed E-state index contributed by atoms with van der Waals surface area (Å²) >= 11 is 0. The molecule has 2 rings (SSSR count). The van der Waals surface area contributed by atoms with Gasteiger partial charge in [-0.05, 0) is 55.7 Å². The van der Waals surface area contributed by atoms with E-state index in [9.17, 15) is 13.2 Å². The molecule has 7 heteroatoms. The van der Waals surface area contributed by atoms with E-state index in [1.807, 2.05) is 32.0 Å².